The number of hydrogen-bond donors (Lipinski definition) is 2. The summed E-state index contributed by atoms with van der Waals surface area (Å²) in [5.41, 5.74) is 2.04. The highest BCUT2D eigenvalue weighted by atomic mass is 16.5. The van der Waals surface area contributed by atoms with E-state index < -0.39 is 12.1 Å². The van der Waals surface area contributed by atoms with Gasteiger partial charge < -0.3 is 24.6 Å². The highest BCUT2D eigenvalue weighted by Gasteiger charge is 2.64. The first kappa shape index (κ1) is 38.5. The molecular weight excluding hydrogens is 554 g/mol. The van der Waals surface area contributed by atoms with Gasteiger partial charge in [0.05, 0.1) is 11.8 Å². The molecule has 4 saturated carbocycles. The second-order valence-electron chi connectivity index (χ2n) is 15.9. The van der Waals surface area contributed by atoms with E-state index in [0.29, 0.717) is 35.9 Å². The fourth-order valence-electron chi connectivity index (χ4n) is 10.9. The largest absolute Gasteiger partial charge is 0.462 e. The maximum atomic E-state index is 13.8. The van der Waals surface area contributed by atoms with Crippen LogP contribution in [0.3, 0.4) is 0 Å². The first-order valence-corrected chi connectivity index (χ1v) is 16.4. The Labute approximate surface area is 268 Å². The summed E-state index contributed by atoms with van der Waals surface area (Å²) in [6, 6.07) is 0. The number of aldehydes is 1. The summed E-state index contributed by atoms with van der Waals surface area (Å²) in [6.45, 7) is 12.1. The number of rotatable bonds is 5. The van der Waals surface area contributed by atoms with E-state index in [0.717, 1.165) is 64.9 Å². The van der Waals surface area contributed by atoms with Gasteiger partial charge in [-0.1, -0.05) is 61.1 Å². The second-order valence-corrected chi connectivity index (χ2v) is 15.9. The van der Waals surface area contributed by atoms with E-state index in [1.807, 2.05) is 19.0 Å². The topological polar surface area (TPSA) is 104 Å². The van der Waals surface area contributed by atoms with Crippen LogP contribution in [0.15, 0.2) is 11.6 Å². The first-order chi connectivity index (χ1) is 19.7. The molecule has 5 aliphatic rings. The summed E-state index contributed by atoms with van der Waals surface area (Å²) in [4.78, 5) is 38.9. The summed E-state index contributed by atoms with van der Waals surface area (Å²) in [7, 11) is 4.88. The van der Waals surface area contributed by atoms with Gasteiger partial charge in [-0.25, -0.2) is 0 Å². The molecule has 254 valence electrons. The van der Waals surface area contributed by atoms with Crippen molar-refractivity contribution in [2.75, 3.05) is 21.2 Å². The maximum Gasteiger partial charge on any atom is 0.309 e. The van der Waals surface area contributed by atoms with Gasteiger partial charge in [0.1, 0.15) is 18.5 Å². The highest BCUT2D eigenvalue weighted by molar-refractivity contribution is 5.83. The predicted molar refractivity (Wildman–Crippen MR) is 177 cm³/mol. The lowest BCUT2D eigenvalue weighted by Gasteiger charge is -2.66. The summed E-state index contributed by atoms with van der Waals surface area (Å²) < 4.78 is 5.84. The molecule has 7 heteroatoms. The minimum atomic E-state index is -1.28. The number of carbonyl (C=O) groups excluding carboxylic acids is 3. The lowest BCUT2D eigenvalue weighted by molar-refractivity contribution is -0.180. The van der Waals surface area contributed by atoms with Crippen molar-refractivity contribution >= 4 is 18.2 Å². The molecule has 4 fully saturated rings. The quantitative estimate of drug-likeness (QED) is 0.198. The molecule has 0 heterocycles. The maximum absolute atomic E-state index is 13.8. The molecule has 10 atom stereocenters. The minimum absolute atomic E-state index is 0. The van der Waals surface area contributed by atoms with Crippen LogP contribution >= 0.6 is 0 Å². The van der Waals surface area contributed by atoms with Crippen molar-refractivity contribution in [3.05, 3.63) is 11.6 Å². The molecule has 0 radical (unpaired) electrons. The van der Waals surface area contributed by atoms with Crippen molar-refractivity contribution in [1.82, 2.24) is 4.90 Å². The van der Waals surface area contributed by atoms with Gasteiger partial charge in [-0.05, 0) is 110 Å². The van der Waals surface area contributed by atoms with Crippen molar-refractivity contribution in [1.29, 1.82) is 0 Å². The number of amides is 1. The number of aliphatic hydroxyl groups is 2. The molecule has 5 aliphatic carbocycles. The van der Waals surface area contributed by atoms with Gasteiger partial charge in [-0.2, -0.15) is 0 Å². The third kappa shape index (κ3) is 6.30. The third-order valence-electron chi connectivity index (χ3n) is 13.0. The Morgan fingerprint density at radius 2 is 1.61 bits per heavy atom. The third-order valence-corrected chi connectivity index (χ3v) is 13.0. The van der Waals surface area contributed by atoms with Crippen LogP contribution in [0.5, 0.6) is 0 Å². The number of aliphatic hydroxyl groups excluding tert-OH is 2. The van der Waals surface area contributed by atoms with Gasteiger partial charge in [0.2, 0.25) is 5.91 Å². The van der Waals surface area contributed by atoms with Gasteiger partial charge in [0.15, 0.2) is 0 Å². The fraction of sp³-hybridized carbons (Fsp3) is 0.865. The van der Waals surface area contributed by atoms with Crippen molar-refractivity contribution in [3.63, 3.8) is 0 Å². The zero-order chi connectivity index (χ0) is 31.3. The number of esters is 1. The molecule has 1 amide bonds. The van der Waals surface area contributed by atoms with Crippen LogP contribution in [0.25, 0.3) is 0 Å². The number of carbonyl (C=O) groups is 3. The van der Waals surface area contributed by atoms with Gasteiger partial charge in [0, 0.05) is 21.2 Å². The normalized spacial score (nSPS) is 40.5. The van der Waals surface area contributed by atoms with Crippen molar-refractivity contribution in [2.24, 2.45) is 51.2 Å². The molecule has 5 rings (SSSR count). The van der Waals surface area contributed by atoms with E-state index in [-0.39, 0.29) is 55.0 Å². The molecule has 0 bridgehead atoms. The predicted octanol–water partition coefficient (Wildman–Crippen LogP) is 6.84. The van der Waals surface area contributed by atoms with Gasteiger partial charge in [0.25, 0.3) is 0 Å². The molecule has 10 unspecified atom stereocenters. The van der Waals surface area contributed by atoms with E-state index in [2.05, 4.69) is 40.7 Å². The van der Waals surface area contributed by atoms with Crippen LogP contribution in [0.4, 0.5) is 0 Å². The van der Waals surface area contributed by atoms with E-state index in [1.54, 1.807) is 5.57 Å². The lowest BCUT2D eigenvalue weighted by Crippen LogP contribution is -2.61. The molecule has 0 aliphatic heterocycles. The summed E-state index contributed by atoms with van der Waals surface area (Å²) in [6.07, 6.45) is 11.9. The molecule has 44 heavy (non-hydrogen) atoms. The van der Waals surface area contributed by atoms with Gasteiger partial charge in [-0.15, -0.1) is 0 Å². The van der Waals surface area contributed by atoms with Crippen LogP contribution in [-0.4, -0.2) is 66.7 Å². The number of nitrogens with zero attached hydrogens (tertiary/aromatic N) is 1. The summed E-state index contributed by atoms with van der Waals surface area (Å²) in [5.74, 6) is 2.08. The molecule has 0 aromatic rings. The molecule has 0 spiro atoms. The van der Waals surface area contributed by atoms with Gasteiger partial charge in [-0.3, -0.25) is 9.59 Å². The Kier molecular flexibility index (Phi) is 12.2. The first-order valence-electron chi connectivity index (χ1n) is 16.4. The molecule has 0 aromatic heterocycles. The SMILES string of the molecule is C.C.CC1C(OC(=O)CC(O)C=O)CCC2(C)C1CCC1(C)C3CCC4(C(=O)N(C)C)CCC(C)(C)CC4C3=CCC12.CO. The Bertz CT molecular complexity index is 1070. The average Bonchev–Trinajstić information content (AvgIpc) is 2.94. The second kappa shape index (κ2) is 13.9. The molecule has 0 saturated heterocycles. The Morgan fingerprint density at radius 3 is 2.23 bits per heavy atom. The van der Waals surface area contributed by atoms with Crippen molar-refractivity contribution < 1.29 is 29.3 Å². The number of fused-ring (bicyclic) bond motifs is 7. The van der Waals surface area contributed by atoms with Crippen molar-refractivity contribution in [3.8, 4) is 0 Å². The smallest absolute Gasteiger partial charge is 0.309 e. The zero-order valence-electron chi connectivity index (χ0n) is 27.4. The zero-order valence-corrected chi connectivity index (χ0v) is 27.4. The van der Waals surface area contributed by atoms with Crippen molar-refractivity contribution in [2.45, 2.75) is 132 Å². The molecule has 7 nitrogen and oxygen atoms in total. The Balaban J connectivity index is 0.00000165. The van der Waals surface area contributed by atoms with Crippen LogP contribution in [0.1, 0.15) is 120 Å². The average molecular weight is 620 g/mol. The van der Waals surface area contributed by atoms with E-state index in [1.165, 1.54) is 6.42 Å². The standard InChI is InChI=1S/C34H53NO5.CH4O.2CH4/c1-21-24-10-13-33(5)25-11-15-34(30(39)35(6)7)17-16-31(2,3)19-26(34)23(25)8-9-28(33)32(24,4)14-12-27(21)40-29(38)18-22(37)20-36;1-2;;/h8,20-22,24-28,37H,9-19H2,1-7H3;2H,1H3;2*1H4. The number of hydrogen-bond acceptors (Lipinski definition) is 6. The summed E-state index contributed by atoms with van der Waals surface area (Å²) in [5, 5.41) is 16.6. The molecule has 2 N–H and O–H groups in total. The van der Waals surface area contributed by atoms with Gasteiger partial charge >= 0.3 is 5.97 Å². The number of allylic oxidation sites excluding steroid dienone is 2. The van der Waals surface area contributed by atoms with E-state index in [4.69, 9.17) is 9.84 Å². The monoisotopic (exact) mass is 619 g/mol. The van der Waals surface area contributed by atoms with Crippen LogP contribution < -0.4 is 0 Å². The van der Waals surface area contributed by atoms with E-state index in [9.17, 15) is 19.5 Å². The molecule has 0 aromatic carbocycles. The van der Waals surface area contributed by atoms with Crippen LogP contribution in [0, 0.1) is 51.2 Å². The Hall–Kier alpha value is -1.73. The number of ether oxygens (including phenoxy) is 1. The van der Waals surface area contributed by atoms with Crippen LogP contribution in [-0.2, 0) is 19.1 Å². The van der Waals surface area contributed by atoms with Crippen LogP contribution in [0.2, 0.25) is 0 Å². The minimum Gasteiger partial charge on any atom is -0.462 e. The molecular formula is C37H65NO6. The lowest BCUT2D eigenvalue weighted by atomic mass is 9.38. The van der Waals surface area contributed by atoms with E-state index >= 15 is 0 Å². The Morgan fingerprint density at radius 1 is 0.977 bits per heavy atom. The fourth-order valence-corrected chi connectivity index (χ4v) is 10.9. The summed E-state index contributed by atoms with van der Waals surface area (Å²) >= 11 is 0. The highest BCUT2D eigenvalue weighted by Crippen LogP contribution is 2.71.